The smallest absolute Gasteiger partial charge is 0.271 e. The van der Waals surface area contributed by atoms with Crippen LogP contribution in [0.25, 0.3) is 16.9 Å². The summed E-state index contributed by atoms with van der Waals surface area (Å²) in [6.07, 6.45) is 1.71. The number of likely N-dealkylation sites (N-methyl/N-ethyl adjacent to an activating group) is 1. The van der Waals surface area contributed by atoms with E-state index in [0.29, 0.717) is 15.7 Å². The second kappa shape index (κ2) is 8.42. The van der Waals surface area contributed by atoms with E-state index >= 15 is 0 Å². The summed E-state index contributed by atoms with van der Waals surface area (Å²) < 4.78 is 7.48. The third-order valence-electron chi connectivity index (χ3n) is 5.12. The second-order valence-electron chi connectivity index (χ2n) is 7.88. The molecule has 0 saturated carbocycles. The summed E-state index contributed by atoms with van der Waals surface area (Å²) in [7, 11) is 4.05. The number of fused-ring (bicyclic) bond motifs is 3. The Morgan fingerprint density at radius 3 is 2.57 bits per heavy atom. The van der Waals surface area contributed by atoms with Crippen LogP contribution in [0.4, 0.5) is 0 Å². The van der Waals surface area contributed by atoms with Gasteiger partial charge in [0.15, 0.2) is 0 Å². The van der Waals surface area contributed by atoms with E-state index in [1.54, 1.807) is 24.3 Å². The quantitative estimate of drug-likeness (QED) is 0.576. The molecular weight excluding hydrogens is 421 g/mol. The number of nitrogens with zero attached hydrogens (tertiary/aromatic N) is 3. The van der Waals surface area contributed by atoms with Crippen molar-refractivity contribution in [2.24, 2.45) is 0 Å². The Balaban J connectivity index is 1.76. The Hall–Kier alpha value is -2.34. The molecule has 0 N–H and O–H groups in total. The SMILES string of the molecule is CC(CN(C)C)Oc1ccc2c(c1)-c1nn(-c3ccc(Cl)c(Cl)c3)c(=O)cc1CC2. The molecule has 2 aromatic carbocycles. The molecule has 0 radical (unpaired) electrons. The summed E-state index contributed by atoms with van der Waals surface area (Å²) >= 11 is 12.2. The molecule has 1 atom stereocenters. The first-order chi connectivity index (χ1) is 14.3. The van der Waals surface area contributed by atoms with Gasteiger partial charge >= 0.3 is 0 Å². The summed E-state index contributed by atoms with van der Waals surface area (Å²) in [4.78, 5) is 14.8. The first-order valence-corrected chi connectivity index (χ1v) is 10.6. The summed E-state index contributed by atoms with van der Waals surface area (Å²) in [5.74, 6) is 0.796. The van der Waals surface area contributed by atoms with Gasteiger partial charge in [-0.25, -0.2) is 0 Å². The van der Waals surface area contributed by atoms with E-state index in [4.69, 9.17) is 33.0 Å². The van der Waals surface area contributed by atoms with Crippen molar-refractivity contribution in [3.63, 3.8) is 0 Å². The van der Waals surface area contributed by atoms with Crippen molar-refractivity contribution < 1.29 is 4.74 Å². The van der Waals surface area contributed by atoms with E-state index in [1.807, 2.05) is 33.2 Å². The highest BCUT2D eigenvalue weighted by molar-refractivity contribution is 6.42. The molecule has 5 nitrogen and oxygen atoms in total. The number of hydrogen-bond acceptors (Lipinski definition) is 4. The number of aryl methyl sites for hydroxylation is 2. The highest BCUT2D eigenvalue weighted by Crippen LogP contribution is 2.34. The van der Waals surface area contributed by atoms with Crippen molar-refractivity contribution >= 4 is 23.2 Å². The van der Waals surface area contributed by atoms with Gasteiger partial charge < -0.3 is 9.64 Å². The van der Waals surface area contributed by atoms with Crippen LogP contribution in [0.2, 0.25) is 10.0 Å². The molecular formula is C23H23Cl2N3O2. The Morgan fingerprint density at radius 1 is 1.07 bits per heavy atom. The summed E-state index contributed by atoms with van der Waals surface area (Å²) in [5, 5.41) is 5.52. The van der Waals surface area contributed by atoms with Gasteiger partial charge in [0.1, 0.15) is 11.9 Å². The predicted molar refractivity (Wildman–Crippen MR) is 121 cm³/mol. The standard InChI is InChI=1S/C23H23Cl2N3O2/c1-14(13-27(2)3)30-18-8-6-15-4-5-16-10-22(29)28(26-23(16)19(15)12-18)17-7-9-20(24)21(25)11-17/h6-12,14H,4-5,13H2,1-3H3. The van der Waals surface area contributed by atoms with Gasteiger partial charge in [0.05, 0.1) is 21.4 Å². The number of halogens is 2. The molecule has 156 valence electrons. The van der Waals surface area contributed by atoms with Crippen LogP contribution in [0.3, 0.4) is 0 Å². The van der Waals surface area contributed by atoms with Crippen molar-refractivity contribution in [3.05, 3.63) is 74.0 Å². The van der Waals surface area contributed by atoms with E-state index in [-0.39, 0.29) is 11.7 Å². The third-order valence-corrected chi connectivity index (χ3v) is 5.86. The number of hydrogen-bond donors (Lipinski definition) is 0. The van der Waals surface area contributed by atoms with E-state index in [2.05, 4.69) is 11.0 Å². The van der Waals surface area contributed by atoms with Crippen molar-refractivity contribution in [3.8, 4) is 22.7 Å². The first kappa shape index (κ1) is 20.9. The van der Waals surface area contributed by atoms with Crippen LogP contribution < -0.4 is 10.3 Å². The van der Waals surface area contributed by atoms with Crippen molar-refractivity contribution in [1.29, 1.82) is 0 Å². The summed E-state index contributed by atoms with van der Waals surface area (Å²) in [6, 6.07) is 12.8. The molecule has 1 heterocycles. The third kappa shape index (κ3) is 4.24. The van der Waals surface area contributed by atoms with E-state index < -0.39 is 0 Å². The molecule has 0 fully saturated rings. The zero-order valence-corrected chi connectivity index (χ0v) is 18.7. The van der Waals surface area contributed by atoms with Crippen LogP contribution in [0.5, 0.6) is 5.75 Å². The van der Waals surface area contributed by atoms with Crippen LogP contribution in [0.15, 0.2) is 47.3 Å². The first-order valence-electron chi connectivity index (χ1n) is 9.85. The van der Waals surface area contributed by atoms with Crippen LogP contribution in [-0.2, 0) is 12.8 Å². The van der Waals surface area contributed by atoms with Crippen LogP contribution >= 0.6 is 23.2 Å². The van der Waals surface area contributed by atoms with Gasteiger partial charge in [-0.3, -0.25) is 4.79 Å². The van der Waals surface area contributed by atoms with E-state index in [9.17, 15) is 4.79 Å². The fourth-order valence-electron chi connectivity index (χ4n) is 3.83. The Labute approximate surface area is 185 Å². The van der Waals surface area contributed by atoms with Gasteiger partial charge in [-0.05, 0) is 75.3 Å². The van der Waals surface area contributed by atoms with Gasteiger partial charge in [0.2, 0.25) is 0 Å². The molecule has 4 rings (SSSR count). The van der Waals surface area contributed by atoms with Gasteiger partial charge in [-0.1, -0.05) is 29.3 Å². The zero-order chi connectivity index (χ0) is 21.4. The molecule has 0 aliphatic heterocycles. The number of rotatable bonds is 5. The molecule has 1 aliphatic rings. The van der Waals surface area contributed by atoms with Crippen molar-refractivity contribution in [1.82, 2.24) is 14.7 Å². The minimum Gasteiger partial charge on any atom is -0.489 e. The highest BCUT2D eigenvalue weighted by Gasteiger charge is 2.21. The lowest BCUT2D eigenvalue weighted by Crippen LogP contribution is -2.28. The fraction of sp³-hybridized carbons (Fsp3) is 0.304. The predicted octanol–water partition coefficient (Wildman–Crippen LogP) is 4.63. The van der Waals surface area contributed by atoms with E-state index in [1.165, 1.54) is 10.2 Å². The molecule has 0 spiro atoms. The lowest BCUT2D eigenvalue weighted by Gasteiger charge is -2.22. The maximum atomic E-state index is 12.7. The lowest BCUT2D eigenvalue weighted by atomic mass is 9.89. The van der Waals surface area contributed by atoms with Crippen LogP contribution in [-0.4, -0.2) is 41.4 Å². The zero-order valence-electron chi connectivity index (χ0n) is 17.2. The molecule has 1 aromatic heterocycles. The summed E-state index contributed by atoms with van der Waals surface area (Å²) in [5.41, 5.74) is 4.33. The molecule has 0 saturated heterocycles. The minimum atomic E-state index is -0.192. The maximum absolute atomic E-state index is 12.7. The highest BCUT2D eigenvalue weighted by atomic mass is 35.5. The number of ether oxygens (including phenoxy) is 1. The molecule has 1 unspecified atom stereocenters. The largest absolute Gasteiger partial charge is 0.489 e. The molecule has 3 aromatic rings. The van der Waals surface area contributed by atoms with Gasteiger partial charge in [-0.2, -0.15) is 9.78 Å². The average Bonchev–Trinajstić information content (AvgIpc) is 2.69. The summed E-state index contributed by atoms with van der Waals surface area (Å²) in [6.45, 7) is 2.87. The second-order valence-corrected chi connectivity index (χ2v) is 8.69. The maximum Gasteiger partial charge on any atom is 0.271 e. The topological polar surface area (TPSA) is 47.4 Å². The van der Waals surface area contributed by atoms with Crippen molar-refractivity contribution in [2.75, 3.05) is 20.6 Å². The number of aromatic nitrogens is 2. The van der Waals surface area contributed by atoms with Crippen LogP contribution in [0.1, 0.15) is 18.1 Å². The Bertz CT molecular complexity index is 1160. The van der Waals surface area contributed by atoms with E-state index in [0.717, 1.165) is 42.0 Å². The minimum absolute atomic E-state index is 0.0548. The molecule has 7 heteroatoms. The normalized spacial score (nSPS) is 13.7. The monoisotopic (exact) mass is 443 g/mol. The molecule has 0 bridgehead atoms. The Kier molecular flexibility index (Phi) is 5.87. The van der Waals surface area contributed by atoms with Gasteiger partial charge in [-0.15, -0.1) is 0 Å². The average molecular weight is 444 g/mol. The van der Waals surface area contributed by atoms with Crippen LogP contribution in [0, 0.1) is 0 Å². The van der Waals surface area contributed by atoms with Gasteiger partial charge in [0, 0.05) is 18.2 Å². The fourth-order valence-corrected chi connectivity index (χ4v) is 4.12. The lowest BCUT2D eigenvalue weighted by molar-refractivity contribution is 0.177. The van der Waals surface area contributed by atoms with Crippen molar-refractivity contribution in [2.45, 2.75) is 25.9 Å². The Morgan fingerprint density at radius 2 is 1.83 bits per heavy atom. The van der Waals surface area contributed by atoms with Gasteiger partial charge in [0.25, 0.3) is 5.56 Å². The molecule has 0 amide bonds. The molecule has 1 aliphatic carbocycles. The molecule has 30 heavy (non-hydrogen) atoms. The number of benzene rings is 2.